The highest BCUT2D eigenvalue weighted by atomic mass is 35.5. The number of likely N-dealkylation sites (tertiary alicyclic amines) is 1. The SMILES string of the molecule is Cn1cnc2c(F)cc(NC3(c4c(F)ccc(Cl)c4Cl)CCN(C(=O)OC(C)(C)C)C3)cc2c1=O. The number of fused-ring (bicyclic) bond motifs is 1. The summed E-state index contributed by atoms with van der Waals surface area (Å²) in [7, 11) is 1.51. The zero-order chi connectivity index (χ0) is 25.7. The van der Waals surface area contributed by atoms with Gasteiger partial charge in [-0.2, -0.15) is 0 Å². The summed E-state index contributed by atoms with van der Waals surface area (Å²) in [4.78, 5) is 30.8. The summed E-state index contributed by atoms with van der Waals surface area (Å²) in [5, 5.41) is 3.31. The number of benzene rings is 2. The Kier molecular flexibility index (Phi) is 6.44. The van der Waals surface area contributed by atoms with E-state index in [2.05, 4.69) is 10.3 Å². The molecule has 1 aromatic heterocycles. The topological polar surface area (TPSA) is 76.5 Å². The van der Waals surface area contributed by atoms with Crippen molar-refractivity contribution in [2.24, 2.45) is 7.05 Å². The standard InChI is InChI=1S/C24H24Cl2F2N4O3/c1-23(2,3)35-22(34)32-8-7-24(11-32,18-16(27)6-5-15(25)19(18)26)30-13-9-14-20(17(28)10-13)29-12-31(4)21(14)33/h5-6,9-10,12,30H,7-8,11H2,1-4H3. The van der Waals surface area contributed by atoms with Gasteiger partial charge in [-0.05, 0) is 51.5 Å². The van der Waals surface area contributed by atoms with E-state index >= 15 is 4.39 Å². The van der Waals surface area contributed by atoms with Gasteiger partial charge in [-0.15, -0.1) is 0 Å². The Morgan fingerprint density at radius 2 is 1.91 bits per heavy atom. The highest BCUT2D eigenvalue weighted by molar-refractivity contribution is 6.42. The van der Waals surface area contributed by atoms with Gasteiger partial charge in [-0.1, -0.05) is 23.2 Å². The number of carbonyl (C=O) groups is 1. The van der Waals surface area contributed by atoms with Crippen molar-refractivity contribution in [2.45, 2.75) is 38.3 Å². The minimum Gasteiger partial charge on any atom is -0.444 e. The van der Waals surface area contributed by atoms with E-state index in [-0.39, 0.29) is 51.7 Å². The van der Waals surface area contributed by atoms with E-state index in [9.17, 15) is 14.0 Å². The largest absolute Gasteiger partial charge is 0.444 e. The van der Waals surface area contributed by atoms with Gasteiger partial charge < -0.3 is 19.5 Å². The lowest BCUT2D eigenvalue weighted by molar-refractivity contribution is 0.0286. The molecule has 0 aliphatic carbocycles. The highest BCUT2D eigenvalue weighted by Gasteiger charge is 2.46. The van der Waals surface area contributed by atoms with Gasteiger partial charge in [0, 0.05) is 24.8 Å². The first-order chi connectivity index (χ1) is 16.3. The predicted octanol–water partition coefficient (Wildman–Crippen LogP) is 5.47. The molecule has 7 nitrogen and oxygen atoms in total. The van der Waals surface area contributed by atoms with Crippen molar-refractivity contribution in [3.05, 3.63) is 68.2 Å². The first-order valence-corrected chi connectivity index (χ1v) is 11.6. The molecule has 4 rings (SSSR count). The Hall–Kier alpha value is -2.91. The Labute approximate surface area is 210 Å². The summed E-state index contributed by atoms with van der Waals surface area (Å²) < 4.78 is 36.9. The number of carbonyl (C=O) groups excluding carboxylic acids is 1. The molecule has 1 N–H and O–H groups in total. The monoisotopic (exact) mass is 524 g/mol. The van der Waals surface area contributed by atoms with E-state index in [4.69, 9.17) is 27.9 Å². The second kappa shape index (κ2) is 8.95. The van der Waals surface area contributed by atoms with Crippen LogP contribution >= 0.6 is 23.2 Å². The summed E-state index contributed by atoms with van der Waals surface area (Å²) in [6.07, 6.45) is 0.870. The molecular weight excluding hydrogens is 501 g/mol. The van der Waals surface area contributed by atoms with Crippen molar-refractivity contribution in [1.29, 1.82) is 0 Å². The zero-order valence-electron chi connectivity index (χ0n) is 19.6. The number of ether oxygens (including phenoxy) is 1. The van der Waals surface area contributed by atoms with Crippen LogP contribution in [0.15, 0.2) is 35.4 Å². The van der Waals surface area contributed by atoms with Gasteiger partial charge in [0.25, 0.3) is 5.56 Å². The maximum Gasteiger partial charge on any atom is 0.410 e. The van der Waals surface area contributed by atoms with Crippen LogP contribution in [0.3, 0.4) is 0 Å². The van der Waals surface area contributed by atoms with Crippen molar-refractivity contribution >= 4 is 45.9 Å². The van der Waals surface area contributed by atoms with Crippen LogP contribution in [0.25, 0.3) is 10.9 Å². The van der Waals surface area contributed by atoms with Gasteiger partial charge in [0.15, 0.2) is 5.82 Å². The normalized spacial score (nSPS) is 18.2. The predicted molar refractivity (Wildman–Crippen MR) is 131 cm³/mol. The van der Waals surface area contributed by atoms with Crippen LogP contribution in [-0.4, -0.2) is 39.2 Å². The Morgan fingerprint density at radius 3 is 2.60 bits per heavy atom. The number of amides is 1. The third-order valence-electron chi connectivity index (χ3n) is 5.80. The molecule has 1 fully saturated rings. The number of aryl methyl sites for hydroxylation is 1. The molecule has 1 aliphatic rings. The fraction of sp³-hybridized carbons (Fsp3) is 0.375. The van der Waals surface area contributed by atoms with Crippen LogP contribution < -0.4 is 10.9 Å². The lowest BCUT2D eigenvalue weighted by Gasteiger charge is -2.34. The van der Waals surface area contributed by atoms with Crippen LogP contribution in [0.5, 0.6) is 0 Å². The summed E-state index contributed by atoms with van der Waals surface area (Å²) in [6.45, 7) is 5.40. The van der Waals surface area contributed by atoms with Crippen LogP contribution in [0, 0.1) is 11.6 Å². The van der Waals surface area contributed by atoms with Gasteiger partial charge in [0.05, 0.1) is 33.8 Å². The molecule has 2 heterocycles. The minimum atomic E-state index is -1.28. The average Bonchev–Trinajstić information content (AvgIpc) is 3.17. The Morgan fingerprint density at radius 1 is 1.20 bits per heavy atom. The molecular formula is C24H24Cl2F2N4O3. The maximum absolute atomic E-state index is 15.2. The lowest BCUT2D eigenvalue weighted by Crippen LogP contribution is -2.42. The van der Waals surface area contributed by atoms with Crippen LogP contribution in [0.1, 0.15) is 32.8 Å². The van der Waals surface area contributed by atoms with Crippen LogP contribution in [0.4, 0.5) is 19.3 Å². The second-order valence-corrected chi connectivity index (χ2v) is 10.4. The third-order valence-corrected chi connectivity index (χ3v) is 6.61. The number of aromatic nitrogens is 2. The van der Waals surface area contributed by atoms with Gasteiger partial charge in [-0.3, -0.25) is 4.79 Å². The average molecular weight is 525 g/mol. The molecule has 0 bridgehead atoms. The number of rotatable bonds is 3. The minimum absolute atomic E-state index is 0.0240. The van der Waals surface area contributed by atoms with Crippen LogP contribution in [0.2, 0.25) is 10.0 Å². The van der Waals surface area contributed by atoms with Gasteiger partial charge in [0.2, 0.25) is 0 Å². The quantitative estimate of drug-likeness (QED) is 0.460. The van der Waals surface area contributed by atoms with Crippen molar-refractivity contribution in [2.75, 3.05) is 18.4 Å². The van der Waals surface area contributed by atoms with Crippen molar-refractivity contribution in [3.8, 4) is 0 Å². The Balaban J connectivity index is 1.83. The van der Waals surface area contributed by atoms with E-state index in [0.29, 0.717) is 0 Å². The first kappa shape index (κ1) is 25.2. The molecule has 1 amide bonds. The number of hydrogen-bond acceptors (Lipinski definition) is 5. The number of hydrogen-bond donors (Lipinski definition) is 1. The van der Waals surface area contributed by atoms with Crippen molar-refractivity contribution in [1.82, 2.24) is 14.5 Å². The molecule has 1 saturated heterocycles. The second-order valence-electron chi connectivity index (χ2n) is 9.59. The summed E-state index contributed by atoms with van der Waals surface area (Å²) >= 11 is 12.7. The van der Waals surface area contributed by atoms with Crippen molar-refractivity contribution < 1.29 is 18.3 Å². The molecule has 35 heavy (non-hydrogen) atoms. The van der Waals surface area contributed by atoms with Gasteiger partial charge in [-0.25, -0.2) is 18.6 Å². The maximum atomic E-state index is 15.2. The molecule has 186 valence electrons. The summed E-state index contributed by atoms with van der Waals surface area (Å²) in [6, 6.07) is 5.14. The number of nitrogens with one attached hydrogen (secondary N) is 1. The number of anilines is 1. The van der Waals surface area contributed by atoms with E-state index < -0.39 is 34.4 Å². The van der Waals surface area contributed by atoms with Crippen LogP contribution in [-0.2, 0) is 17.3 Å². The molecule has 0 spiro atoms. The summed E-state index contributed by atoms with van der Waals surface area (Å²) in [5.41, 5.74) is -2.31. The molecule has 1 atom stereocenters. The van der Waals surface area contributed by atoms with E-state index in [1.807, 2.05) is 0 Å². The smallest absolute Gasteiger partial charge is 0.410 e. The number of halogens is 4. The molecule has 1 unspecified atom stereocenters. The fourth-order valence-corrected chi connectivity index (χ4v) is 4.75. The fourth-order valence-electron chi connectivity index (χ4n) is 4.25. The highest BCUT2D eigenvalue weighted by Crippen LogP contribution is 2.43. The van der Waals surface area contributed by atoms with E-state index in [1.54, 1.807) is 20.8 Å². The Bertz CT molecular complexity index is 1390. The summed E-state index contributed by atoms with van der Waals surface area (Å²) in [5.74, 6) is -1.37. The molecule has 0 saturated carbocycles. The number of nitrogens with zero attached hydrogens (tertiary/aromatic N) is 3. The molecule has 2 aromatic carbocycles. The molecule has 0 radical (unpaired) electrons. The molecule has 11 heteroatoms. The molecule has 1 aliphatic heterocycles. The van der Waals surface area contributed by atoms with Gasteiger partial charge in [0.1, 0.15) is 16.9 Å². The molecule has 3 aromatic rings. The van der Waals surface area contributed by atoms with Crippen molar-refractivity contribution in [3.63, 3.8) is 0 Å². The van der Waals surface area contributed by atoms with E-state index in [1.165, 1.54) is 47.1 Å². The third kappa shape index (κ3) is 4.79. The first-order valence-electron chi connectivity index (χ1n) is 10.9. The van der Waals surface area contributed by atoms with Gasteiger partial charge >= 0.3 is 6.09 Å². The van der Waals surface area contributed by atoms with E-state index in [0.717, 1.165) is 0 Å². The lowest BCUT2D eigenvalue weighted by atomic mass is 9.87. The zero-order valence-corrected chi connectivity index (χ0v) is 21.1.